The second kappa shape index (κ2) is 4.95. The van der Waals surface area contributed by atoms with Crippen LogP contribution in [-0.2, 0) is 4.74 Å². The summed E-state index contributed by atoms with van der Waals surface area (Å²) in [5.41, 5.74) is -0.844. The van der Waals surface area contributed by atoms with Crippen LogP contribution in [0, 0.1) is 0 Å². The Bertz CT molecular complexity index is 312. The van der Waals surface area contributed by atoms with Gasteiger partial charge in [0.15, 0.2) is 0 Å². The van der Waals surface area contributed by atoms with Crippen LogP contribution in [0.5, 0.6) is 0 Å². The summed E-state index contributed by atoms with van der Waals surface area (Å²) in [5.74, 6) is 0. The fraction of sp³-hybridized carbons (Fsp3) is 0.909. The molecular weight excluding hydrogens is 251 g/mol. The van der Waals surface area contributed by atoms with Gasteiger partial charge in [-0.1, -0.05) is 0 Å². The third-order valence-corrected chi connectivity index (χ3v) is 2.58. The lowest BCUT2D eigenvalue weighted by Crippen LogP contribution is -2.55. The van der Waals surface area contributed by atoms with Gasteiger partial charge in [-0.2, -0.15) is 13.2 Å². The minimum absolute atomic E-state index is 0.131. The Labute approximate surface area is 104 Å². The Morgan fingerprint density at radius 2 is 1.89 bits per heavy atom. The van der Waals surface area contributed by atoms with Gasteiger partial charge in [-0.25, -0.2) is 4.79 Å². The van der Waals surface area contributed by atoms with E-state index >= 15 is 0 Å². The number of nitrogens with zero attached hydrogens (tertiary/aromatic N) is 1. The smallest absolute Gasteiger partial charge is 0.410 e. The number of hydrogen-bond donors (Lipinski definition) is 1. The van der Waals surface area contributed by atoms with E-state index in [1.54, 1.807) is 20.8 Å². The molecule has 0 saturated carbocycles. The maximum Gasteiger partial charge on any atom is 0.410 e. The molecule has 1 aliphatic rings. The van der Waals surface area contributed by atoms with E-state index in [0.717, 1.165) is 0 Å². The number of likely N-dealkylation sites (tertiary alicyclic amines) is 1. The number of carbonyl (C=O) groups is 1. The van der Waals surface area contributed by atoms with Crippen LogP contribution in [0.2, 0.25) is 0 Å². The van der Waals surface area contributed by atoms with Gasteiger partial charge >= 0.3 is 12.3 Å². The quantitative estimate of drug-likeness (QED) is 0.734. The first-order chi connectivity index (χ1) is 8.00. The molecule has 0 bridgehead atoms. The summed E-state index contributed by atoms with van der Waals surface area (Å²) in [6, 6.07) is -1.98. The minimum Gasteiger partial charge on any atom is -0.444 e. The Balaban J connectivity index is 2.81. The van der Waals surface area contributed by atoms with E-state index in [9.17, 15) is 23.1 Å². The summed E-state index contributed by atoms with van der Waals surface area (Å²) in [7, 11) is 0. The van der Waals surface area contributed by atoms with E-state index in [0.29, 0.717) is 4.90 Å². The predicted molar refractivity (Wildman–Crippen MR) is 58.0 cm³/mol. The zero-order valence-corrected chi connectivity index (χ0v) is 10.6. The number of carbonyl (C=O) groups excluding carboxylic acids is 1. The standard InChI is InChI=1S/C11H18F3NO3/c1-10(2,3)18-9(17)15-5-4-7(16)6-8(15)11(12,13)14/h7-8,16H,4-6H2,1-3H3/t7-,8-/m0/s1. The summed E-state index contributed by atoms with van der Waals surface area (Å²) >= 11 is 0. The van der Waals surface area contributed by atoms with Crippen molar-refractivity contribution in [2.75, 3.05) is 6.54 Å². The molecule has 18 heavy (non-hydrogen) atoms. The molecule has 0 aromatic rings. The largest absolute Gasteiger partial charge is 0.444 e. The van der Waals surface area contributed by atoms with Gasteiger partial charge < -0.3 is 9.84 Å². The highest BCUT2D eigenvalue weighted by molar-refractivity contribution is 5.68. The number of hydrogen-bond acceptors (Lipinski definition) is 3. The molecule has 2 atom stereocenters. The van der Waals surface area contributed by atoms with Gasteiger partial charge in [-0.05, 0) is 27.2 Å². The summed E-state index contributed by atoms with van der Waals surface area (Å²) in [4.78, 5) is 12.4. The molecule has 7 heteroatoms. The van der Waals surface area contributed by atoms with Crippen LogP contribution in [-0.4, -0.2) is 46.6 Å². The highest BCUT2D eigenvalue weighted by Crippen LogP contribution is 2.32. The number of ether oxygens (including phenoxy) is 1. The van der Waals surface area contributed by atoms with Crippen LogP contribution < -0.4 is 0 Å². The Hall–Kier alpha value is -0.980. The maximum absolute atomic E-state index is 12.8. The fourth-order valence-corrected chi connectivity index (χ4v) is 1.80. The van der Waals surface area contributed by atoms with Crippen molar-refractivity contribution in [2.24, 2.45) is 0 Å². The van der Waals surface area contributed by atoms with Crippen LogP contribution in [0.25, 0.3) is 0 Å². The number of piperidine rings is 1. The molecule has 106 valence electrons. The zero-order valence-electron chi connectivity index (χ0n) is 10.6. The van der Waals surface area contributed by atoms with Gasteiger partial charge in [0, 0.05) is 13.0 Å². The topological polar surface area (TPSA) is 49.8 Å². The van der Waals surface area contributed by atoms with Crippen molar-refractivity contribution >= 4 is 6.09 Å². The number of halogens is 3. The summed E-state index contributed by atoms with van der Waals surface area (Å²) < 4.78 is 43.3. The van der Waals surface area contributed by atoms with Crippen LogP contribution in [0.15, 0.2) is 0 Å². The molecule has 0 unspecified atom stereocenters. The summed E-state index contributed by atoms with van der Waals surface area (Å²) in [6.07, 6.45) is -6.95. The summed E-state index contributed by atoms with van der Waals surface area (Å²) in [5, 5.41) is 9.30. The second-order valence-electron chi connectivity index (χ2n) is 5.41. The van der Waals surface area contributed by atoms with Crippen molar-refractivity contribution in [3.05, 3.63) is 0 Å². The normalized spacial score (nSPS) is 26.1. The van der Waals surface area contributed by atoms with Crippen LogP contribution >= 0.6 is 0 Å². The molecule has 1 aliphatic heterocycles. The molecule has 1 amide bonds. The molecule has 0 aromatic carbocycles. The van der Waals surface area contributed by atoms with Gasteiger partial charge in [0.25, 0.3) is 0 Å². The molecule has 1 rings (SSSR count). The number of aliphatic hydroxyl groups excluding tert-OH is 1. The third kappa shape index (κ3) is 4.04. The maximum atomic E-state index is 12.8. The zero-order chi connectivity index (χ0) is 14.1. The third-order valence-electron chi connectivity index (χ3n) is 2.58. The minimum atomic E-state index is -4.56. The molecule has 1 saturated heterocycles. The van der Waals surface area contributed by atoms with Gasteiger partial charge in [-0.15, -0.1) is 0 Å². The molecular formula is C11H18F3NO3. The summed E-state index contributed by atoms with van der Waals surface area (Å²) in [6.45, 7) is 4.62. The molecule has 1 fully saturated rings. The first-order valence-corrected chi connectivity index (χ1v) is 5.75. The monoisotopic (exact) mass is 269 g/mol. The fourth-order valence-electron chi connectivity index (χ4n) is 1.80. The molecule has 0 aromatic heterocycles. The van der Waals surface area contributed by atoms with E-state index in [-0.39, 0.29) is 13.0 Å². The average molecular weight is 269 g/mol. The molecule has 4 nitrogen and oxygen atoms in total. The van der Waals surface area contributed by atoms with Crippen LogP contribution in [0.4, 0.5) is 18.0 Å². The van der Waals surface area contributed by atoms with Crippen molar-refractivity contribution in [3.63, 3.8) is 0 Å². The van der Waals surface area contributed by atoms with Gasteiger partial charge in [-0.3, -0.25) is 4.90 Å². The Morgan fingerprint density at radius 3 is 2.33 bits per heavy atom. The van der Waals surface area contributed by atoms with Crippen molar-refractivity contribution in [3.8, 4) is 0 Å². The van der Waals surface area contributed by atoms with Crippen molar-refractivity contribution in [2.45, 2.75) is 57.5 Å². The van der Waals surface area contributed by atoms with Crippen LogP contribution in [0.1, 0.15) is 33.6 Å². The lowest BCUT2D eigenvalue weighted by molar-refractivity contribution is -0.195. The molecule has 0 aliphatic carbocycles. The average Bonchev–Trinajstić information content (AvgIpc) is 2.13. The number of rotatable bonds is 0. The molecule has 0 spiro atoms. The van der Waals surface area contributed by atoms with E-state index < -0.39 is 36.4 Å². The van der Waals surface area contributed by atoms with Gasteiger partial charge in [0.2, 0.25) is 0 Å². The van der Waals surface area contributed by atoms with E-state index in [1.807, 2.05) is 0 Å². The highest BCUT2D eigenvalue weighted by atomic mass is 19.4. The Morgan fingerprint density at radius 1 is 1.33 bits per heavy atom. The SMILES string of the molecule is CC(C)(C)OC(=O)N1CC[C@H](O)C[C@H]1C(F)(F)F. The van der Waals surface area contributed by atoms with Crippen molar-refractivity contribution in [1.82, 2.24) is 4.90 Å². The number of alkyl halides is 3. The van der Waals surface area contributed by atoms with E-state index in [2.05, 4.69) is 0 Å². The lowest BCUT2D eigenvalue weighted by Gasteiger charge is -2.39. The van der Waals surface area contributed by atoms with E-state index in [4.69, 9.17) is 4.74 Å². The molecule has 0 radical (unpaired) electrons. The van der Waals surface area contributed by atoms with Gasteiger partial charge in [0.05, 0.1) is 6.10 Å². The predicted octanol–water partition coefficient (Wildman–Crippen LogP) is 2.31. The second-order valence-corrected chi connectivity index (χ2v) is 5.41. The Kier molecular flexibility index (Phi) is 4.15. The molecule has 1 heterocycles. The van der Waals surface area contributed by atoms with Crippen LogP contribution in [0.3, 0.4) is 0 Å². The number of amides is 1. The van der Waals surface area contributed by atoms with Crippen molar-refractivity contribution < 1.29 is 27.8 Å². The van der Waals surface area contributed by atoms with E-state index in [1.165, 1.54) is 0 Å². The first-order valence-electron chi connectivity index (χ1n) is 5.75. The first kappa shape index (κ1) is 15.1. The highest BCUT2D eigenvalue weighted by Gasteiger charge is 2.49. The van der Waals surface area contributed by atoms with Gasteiger partial charge in [0.1, 0.15) is 11.6 Å². The lowest BCUT2D eigenvalue weighted by atomic mass is 9.99. The van der Waals surface area contributed by atoms with Crippen molar-refractivity contribution in [1.29, 1.82) is 0 Å². The molecule has 1 N–H and O–H groups in total. The number of aliphatic hydroxyl groups is 1.